The highest BCUT2D eigenvalue weighted by Gasteiger charge is 2.61. The summed E-state index contributed by atoms with van der Waals surface area (Å²) in [5.74, 6) is -0.0222. The predicted octanol–water partition coefficient (Wildman–Crippen LogP) is 4.01. The van der Waals surface area contributed by atoms with Crippen molar-refractivity contribution in [2.75, 3.05) is 13.7 Å². The molecule has 1 aromatic carbocycles. The summed E-state index contributed by atoms with van der Waals surface area (Å²) in [5.41, 5.74) is 2.17. The van der Waals surface area contributed by atoms with Crippen molar-refractivity contribution in [3.63, 3.8) is 0 Å². The van der Waals surface area contributed by atoms with Gasteiger partial charge in [-0.05, 0) is 62.0 Å². The zero-order valence-corrected chi connectivity index (χ0v) is 18.0. The fourth-order valence-corrected chi connectivity index (χ4v) is 4.34. The molecule has 2 heterocycles. The van der Waals surface area contributed by atoms with Crippen LogP contribution in [0.3, 0.4) is 0 Å². The molecule has 0 saturated carbocycles. The van der Waals surface area contributed by atoms with Gasteiger partial charge in [-0.2, -0.15) is 0 Å². The summed E-state index contributed by atoms with van der Waals surface area (Å²) < 4.78 is 22.1. The van der Waals surface area contributed by atoms with Crippen LogP contribution in [0.5, 0.6) is 5.75 Å². The first-order valence-corrected chi connectivity index (χ1v) is 10.6. The summed E-state index contributed by atoms with van der Waals surface area (Å²) in [6.45, 7) is 6.22. The Morgan fingerprint density at radius 2 is 2.10 bits per heavy atom. The van der Waals surface area contributed by atoms with Gasteiger partial charge in [-0.15, -0.1) is 0 Å². The van der Waals surface area contributed by atoms with E-state index < -0.39 is 5.97 Å². The molecule has 164 valence electrons. The lowest BCUT2D eigenvalue weighted by atomic mass is 9.84. The SMILES string of the molecule is C=C1C(=O)O[C@H]2[C@H]1CC/C(COC(=O)/C=C/c1ccc(OC)cc1)=C\CC[C@@]1(C)O[C@@H]21. The van der Waals surface area contributed by atoms with Crippen molar-refractivity contribution in [2.24, 2.45) is 5.92 Å². The van der Waals surface area contributed by atoms with E-state index in [1.165, 1.54) is 6.08 Å². The quantitative estimate of drug-likeness (QED) is 0.308. The van der Waals surface area contributed by atoms with Crippen LogP contribution in [-0.4, -0.2) is 43.5 Å². The molecule has 0 spiro atoms. The minimum atomic E-state index is -0.395. The maximum absolute atomic E-state index is 12.2. The van der Waals surface area contributed by atoms with Crippen LogP contribution >= 0.6 is 0 Å². The summed E-state index contributed by atoms with van der Waals surface area (Å²) in [7, 11) is 1.61. The Morgan fingerprint density at radius 1 is 1.32 bits per heavy atom. The van der Waals surface area contributed by atoms with Crippen molar-refractivity contribution < 1.29 is 28.5 Å². The Hall–Kier alpha value is -2.86. The summed E-state index contributed by atoms with van der Waals surface area (Å²) in [6.07, 6.45) is 8.04. The number of ether oxygens (including phenoxy) is 4. The number of hydrogen-bond acceptors (Lipinski definition) is 6. The summed E-state index contributed by atoms with van der Waals surface area (Å²) in [4.78, 5) is 24.2. The number of allylic oxidation sites excluding steroid dienone is 1. The molecule has 6 heteroatoms. The van der Waals surface area contributed by atoms with Crippen molar-refractivity contribution >= 4 is 18.0 Å². The van der Waals surface area contributed by atoms with Gasteiger partial charge in [0, 0.05) is 17.6 Å². The molecule has 2 saturated heterocycles. The fraction of sp³-hybridized carbons (Fsp3) is 0.440. The maximum Gasteiger partial charge on any atom is 0.334 e. The predicted molar refractivity (Wildman–Crippen MR) is 115 cm³/mol. The van der Waals surface area contributed by atoms with Gasteiger partial charge in [-0.3, -0.25) is 0 Å². The van der Waals surface area contributed by atoms with Gasteiger partial charge < -0.3 is 18.9 Å². The summed E-state index contributed by atoms with van der Waals surface area (Å²) in [5, 5.41) is 0. The van der Waals surface area contributed by atoms with Crippen molar-refractivity contribution in [1.82, 2.24) is 0 Å². The highest BCUT2D eigenvalue weighted by atomic mass is 16.6. The number of rotatable bonds is 5. The minimum absolute atomic E-state index is 0.0587. The van der Waals surface area contributed by atoms with Gasteiger partial charge in [0.25, 0.3) is 0 Å². The lowest BCUT2D eigenvalue weighted by molar-refractivity contribution is -0.140. The van der Waals surface area contributed by atoms with Gasteiger partial charge in [0.1, 0.15) is 24.6 Å². The molecule has 2 aliphatic heterocycles. The third kappa shape index (κ3) is 4.74. The topological polar surface area (TPSA) is 74.4 Å². The van der Waals surface area contributed by atoms with Crippen LogP contribution in [0.15, 0.2) is 54.1 Å². The molecular weight excluding hydrogens is 396 g/mol. The molecule has 0 radical (unpaired) electrons. The van der Waals surface area contributed by atoms with Crippen molar-refractivity contribution in [1.29, 1.82) is 0 Å². The largest absolute Gasteiger partial charge is 0.497 e. The molecule has 0 N–H and O–H groups in total. The van der Waals surface area contributed by atoms with E-state index in [2.05, 4.69) is 19.6 Å². The molecule has 0 amide bonds. The summed E-state index contributed by atoms with van der Waals surface area (Å²) >= 11 is 0. The van der Waals surface area contributed by atoms with E-state index in [1.807, 2.05) is 24.3 Å². The molecule has 4 rings (SSSR count). The van der Waals surface area contributed by atoms with E-state index in [-0.39, 0.29) is 36.3 Å². The number of fused-ring (bicyclic) bond motifs is 3. The van der Waals surface area contributed by atoms with E-state index in [4.69, 9.17) is 18.9 Å². The number of esters is 2. The van der Waals surface area contributed by atoms with E-state index >= 15 is 0 Å². The molecule has 6 nitrogen and oxygen atoms in total. The average Bonchev–Trinajstić information content (AvgIpc) is 3.36. The van der Waals surface area contributed by atoms with Gasteiger partial charge in [-0.1, -0.05) is 24.8 Å². The van der Waals surface area contributed by atoms with Crippen LogP contribution in [0.4, 0.5) is 0 Å². The number of methoxy groups -OCH3 is 1. The zero-order chi connectivity index (χ0) is 22.0. The van der Waals surface area contributed by atoms with Gasteiger partial charge in [0.05, 0.1) is 12.7 Å². The second kappa shape index (κ2) is 8.71. The Labute approximate surface area is 182 Å². The molecule has 2 fully saturated rings. The molecule has 1 aliphatic carbocycles. The molecule has 0 aromatic heterocycles. The molecule has 4 atom stereocenters. The second-order valence-corrected chi connectivity index (χ2v) is 8.51. The molecule has 31 heavy (non-hydrogen) atoms. The Kier molecular flexibility index (Phi) is 6.01. The molecule has 3 aliphatic rings. The third-order valence-corrected chi connectivity index (χ3v) is 6.37. The lowest BCUT2D eigenvalue weighted by Crippen LogP contribution is -2.29. The van der Waals surface area contributed by atoms with E-state index in [9.17, 15) is 9.59 Å². The zero-order valence-electron chi connectivity index (χ0n) is 18.0. The van der Waals surface area contributed by atoms with Gasteiger partial charge >= 0.3 is 11.9 Å². The Balaban J connectivity index is 1.35. The van der Waals surface area contributed by atoms with E-state index in [0.29, 0.717) is 5.57 Å². The first kappa shape index (κ1) is 21.4. The van der Waals surface area contributed by atoms with Crippen molar-refractivity contribution in [3.05, 3.63) is 59.7 Å². The lowest BCUT2D eigenvalue weighted by Gasteiger charge is -2.20. The highest BCUT2D eigenvalue weighted by molar-refractivity contribution is 5.91. The Bertz CT molecular complexity index is 928. The van der Waals surface area contributed by atoms with Crippen LogP contribution in [-0.2, 0) is 23.8 Å². The third-order valence-electron chi connectivity index (χ3n) is 6.37. The monoisotopic (exact) mass is 424 g/mol. The van der Waals surface area contributed by atoms with Crippen molar-refractivity contribution in [2.45, 2.75) is 50.4 Å². The van der Waals surface area contributed by atoms with Crippen LogP contribution in [0, 0.1) is 5.92 Å². The first-order valence-electron chi connectivity index (χ1n) is 10.6. The van der Waals surface area contributed by atoms with Crippen molar-refractivity contribution in [3.8, 4) is 5.75 Å². The summed E-state index contributed by atoms with van der Waals surface area (Å²) in [6, 6.07) is 7.41. The first-order chi connectivity index (χ1) is 14.9. The van der Waals surface area contributed by atoms with Crippen LogP contribution in [0.2, 0.25) is 0 Å². The standard InChI is InChI=1S/C25H28O6/c1-16-20-12-8-18(5-4-14-25(2)23(31-25)22(20)30-24(16)27)15-29-21(26)13-9-17-6-10-19(28-3)11-7-17/h5-7,9-11,13,20,22-23H,1,4,8,12,14-15H2,2-3H3/b13-9+,18-5+/t20-,22-,23-,25+/m0/s1. The Morgan fingerprint density at radius 3 is 2.84 bits per heavy atom. The van der Waals surface area contributed by atoms with Gasteiger partial charge in [0.15, 0.2) is 0 Å². The van der Waals surface area contributed by atoms with E-state index in [0.717, 1.165) is 42.6 Å². The average molecular weight is 424 g/mol. The molecule has 0 bridgehead atoms. The normalized spacial score (nSPS) is 31.8. The number of epoxide rings is 1. The maximum atomic E-state index is 12.2. The smallest absolute Gasteiger partial charge is 0.334 e. The second-order valence-electron chi connectivity index (χ2n) is 8.51. The van der Waals surface area contributed by atoms with E-state index in [1.54, 1.807) is 13.2 Å². The van der Waals surface area contributed by atoms with Gasteiger partial charge in [-0.25, -0.2) is 9.59 Å². The van der Waals surface area contributed by atoms with Crippen LogP contribution in [0.1, 0.15) is 38.2 Å². The minimum Gasteiger partial charge on any atom is -0.497 e. The highest BCUT2D eigenvalue weighted by Crippen LogP contribution is 2.49. The van der Waals surface area contributed by atoms with Gasteiger partial charge in [0.2, 0.25) is 0 Å². The molecular formula is C25H28O6. The molecule has 1 aromatic rings. The number of benzene rings is 1. The number of carbonyl (C=O) groups is 2. The number of carbonyl (C=O) groups excluding carboxylic acids is 2. The van der Waals surface area contributed by atoms with Crippen LogP contribution in [0.25, 0.3) is 6.08 Å². The fourth-order valence-electron chi connectivity index (χ4n) is 4.34. The van der Waals surface area contributed by atoms with Crippen LogP contribution < -0.4 is 4.74 Å². The number of hydrogen-bond donors (Lipinski definition) is 0. The molecule has 0 unspecified atom stereocenters.